The molecule has 2 atom stereocenters. The third-order valence-corrected chi connectivity index (χ3v) is 4.36. The van der Waals surface area contributed by atoms with Crippen LogP contribution in [0.4, 0.5) is 4.39 Å². The zero-order valence-corrected chi connectivity index (χ0v) is 12.0. The Bertz CT molecular complexity index is 407. The number of halogens is 2. The molecule has 0 radical (unpaired) electrons. The van der Waals surface area contributed by atoms with Gasteiger partial charge >= 0.3 is 0 Å². The molecule has 0 aromatic heterocycles. The van der Waals surface area contributed by atoms with Crippen LogP contribution in [0.2, 0.25) is 0 Å². The van der Waals surface area contributed by atoms with Crippen molar-refractivity contribution in [3.05, 3.63) is 34.1 Å². The average molecular weight is 300 g/mol. The number of rotatable bonds is 3. The zero-order chi connectivity index (χ0) is 12.5. The van der Waals surface area contributed by atoms with E-state index in [9.17, 15) is 4.39 Å². The summed E-state index contributed by atoms with van der Waals surface area (Å²) in [6.45, 7) is 2.27. The standard InChI is InChI=1S/C14H19BrFN/c1-14(6-5-12(9-14)17-2)8-10-7-11(15)3-4-13(10)16/h3-4,7,12,17H,5-6,8-9H2,1-2H3. The van der Waals surface area contributed by atoms with Crippen LogP contribution >= 0.6 is 15.9 Å². The number of nitrogens with one attached hydrogen (secondary N) is 1. The molecule has 0 bridgehead atoms. The normalized spacial score (nSPS) is 28.6. The molecule has 2 unspecified atom stereocenters. The second-order valence-corrected chi connectivity index (χ2v) is 6.37. The average Bonchev–Trinajstić information content (AvgIpc) is 2.66. The Hall–Kier alpha value is -0.410. The second kappa shape index (κ2) is 5.07. The SMILES string of the molecule is CNC1CCC(C)(Cc2cc(Br)ccc2F)C1. The molecule has 0 aliphatic heterocycles. The number of benzene rings is 1. The van der Waals surface area contributed by atoms with Gasteiger partial charge < -0.3 is 5.32 Å². The van der Waals surface area contributed by atoms with Crippen molar-refractivity contribution in [2.75, 3.05) is 7.05 Å². The van der Waals surface area contributed by atoms with Crippen LogP contribution in [0.3, 0.4) is 0 Å². The lowest BCUT2D eigenvalue weighted by molar-refractivity contribution is 0.319. The van der Waals surface area contributed by atoms with E-state index < -0.39 is 0 Å². The molecule has 1 saturated carbocycles. The fraction of sp³-hybridized carbons (Fsp3) is 0.571. The van der Waals surface area contributed by atoms with Crippen LogP contribution in [0.15, 0.2) is 22.7 Å². The molecular weight excluding hydrogens is 281 g/mol. The Morgan fingerprint density at radius 1 is 1.53 bits per heavy atom. The van der Waals surface area contributed by atoms with E-state index in [1.807, 2.05) is 13.1 Å². The van der Waals surface area contributed by atoms with E-state index in [2.05, 4.69) is 28.2 Å². The van der Waals surface area contributed by atoms with Crippen LogP contribution < -0.4 is 5.32 Å². The maximum absolute atomic E-state index is 13.7. The summed E-state index contributed by atoms with van der Waals surface area (Å²) in [7, 11) is 2.01. The summed E-state index contributed by atoms with van der Waals surface area (Å²) in [6.07, 6.45) is 4.33. The lowest BCUT2D eigenvalue weighted by Crippen LogP contribution is -2.24. The van der Waals surface area contributed by atoms with Crippen molar-refractivity contribution in [1.29, 1.82) is 0 Å². The maximum Gasteiger partial charge on any atom is 0.126 e. The molecule has 0 spiro atoms. The summed E-state index contributed by atoms with van der Waals surface area (Å²) in [5, 5.41) is 3.33. The lowest BCUT2D eigenvalue weighted by Gasteiger charge is -2.24. The Morgan fingerprint density at radius 2 is 2.29 bits per heavy atom. The van der Waals surface area contributed by atoms with Gasteiger partial charge in [-0.05, 0) is 61.9 Å². The highest BCUT2D eigenvalue weighted by Gasteiger charge is 2.34. The molecule has 1 aromatic rings. The first kappa shape index (κ1) is 13.0. The van der Waals surface area contributed by atoms with E-state index in [-0.39, 0.29) is 11.2 Å². The minimum absolute atomic E-state index is 0.0812. The monoisotopic (exact) mass is 299 g/mol. The van der Waals surface area contributed by atoms with E-state index in [1.165, 1.54) is 12.8 Å². The molecule has 1 nitrogen and oxygen atoms in total. The van der Waals surface area contributed by atoms with E-state index in [0.717, 1.165) is 22.9 Å². The van der Waals surface area contributed by atoms with Crippen molar-refractivity contribution >= 4 is 15.9 Å². The molecule has 1 aromatic carbocycles. The fourth-order valence-corrected chi connectivity index (χ4v) is 3.28. The Morgan fingerprint density at radius 3 is 2.94 bits per heavy atom. The molecule has 17 heavy (non-hydrogen) atoms. The van der Waals surface area contributed by atoms with Crippen LogP contribution in [-0.2, 0) is 6.42 Å². The minimum Gasteiger partial charge on any atom is -0.317 e. The summed E-state index contributed by atoms with van der Waals surface area (Å²) >= 11 is 3.41. The van der Waals surface area contributed by atoms with Gasteiger partial charge in [-0.2, -0.15) is 0 Å². The van der Waals surface area contributed by atoms with Gasteiger partial charge in [0.05, 0.1) is 0 Å². The summed E-state index contributed by atoms with van der Waals surface area (Å²) < 4.78 is 14.7. The summed E-state index contributed by atoms with van der Waals surface area (Å²) in [6, 6.07) is 5.81. The van der Waals surface area contributed by atoms with E-state index in [1.54, 1.807) is 12.1 Å². The highest BCUT2D eigenvalue weighted by Crippen LogP contribution is 2.41. The molecule has 3 heteroatoms. The Labute approximate surface area is 111 Å². The maximum atomic E-state index is 13.7. The first-order chi connectivity index (χ1) is 8.02. The molecule has 0 saturated heterocycles. The fourth-order valence-electron chi connectivity index (χ4n) is 2.87. The van der Waals surface area contributed by atoms with Gasteiger partial charge in [-0.3, -0.25) is 0 Å². The number of hydrogen-bond acceptors (Lipinski definition) is 1. The first-order valence-electron chi connectivity index (χ1n) is 6.14. The largest absolute Gasteiger partial charge is 0.317 e. The molecule has 1 aliphatic carbocycles. The molecule has 0 amide bonds. The number of hydrogen-bond donors (Lipinski definition) is 1. The van der Waals surface area contributed by atoms with Crippen LogP contribution in [0, 0.1) is 11.2 Å². The summed E-state index contributed by atoms with van der Waals surface area (Å²) in [5.74, 6) is -0.0812. The Kier molecular flexibility index (Phi) is 3.88. The van der Waals surface area contributed by atoms with E-state index in [0.29, 0.717) is 6.04 Å². The molecule has 1 N–H and O–H groups in total. The highest BCUT2D eigenvalue weighted by atomic mass is 79.9. The van der Waals surface area contributed by atoms with Gasteiger partial charge in [0.25, 0.3) is 0 Å². The van der Waals surface area contributed by atoms with E-state index >= 15 is 0 Å². The quantitative estimate of drug-likeness (QED) is 0.892. The van der Waals surface area contributed by atoms with Crippen molar-refractivity contribution in [3.8, 4) is 0 Å². The van der Waals surface area contributed by atoms with Gasteiger partial charge in [0.1, 0.15) is 5.82 Å². The van der Waals surface area contributed by atoms with Gasteiger partial charge in [-0.1, -0.05) is 22.9 Å². The molecular formula is C14H19BrFN. The van der Waals surface area contributed by atoms with Crippen LogP contribution in [-0.4, -0.2) is 13.1 Å². The minimum atomic E-state index is -0.0812. The van der Waals surface area contributed by atoms with Gasteiger partial charge in [-0.25, -0.2) is 4.39 Å². The molecule has 0 heterocycles. The summed E-state index contributed by atoms with van der Waals surface area (Å²) in [5.41, 5.74) is 1.06. The van der Waals surface area contributed by atoms with Crippen LogP contribution in [0.1, 0.15) is 31.7 Å². The van der Waals surface area contributed by atoms with Crippen molar-refractivity contribution in [2.24, 2.45) is 5.41 Å². The predicted molar refractivity (Wildman–Crippen MR) is 72.6 cm³/mol. The summed E-state index contributed by atoms with van der Waals surface area (Å²) in [4.78, 5) is 0. The van der Waals surface area contributed by atoms with Crippen molar-refractivity contribution < 1.29 is 4.39 Å². The second-order valence-electron chi connectivity index (χ2n) is 5.45. The Balaban J connectivity index is 2.13. The predicted octanol–water partition coefficient (Wildman–Crippen LogP) is 3.91. The molecule has 1 aliphatic rings. The van der Waals surface area contributed by atoms with Crippen LogP contribution in [0.25, 0.3) is 0 Å². The van der Waals surface area contributed by atoms with Crippen LogP contribution in [0.5, 0.6) is 0 Å². The molecule has 94 valence electrons. The van der Waals surface area contributed by atoms with Crippen molar-refractivity contribution in [1.82, 2.24) is 5.32 Å². The van der Waals surface area contributed by atoms with Gasteiger partial charge in [0.15, 0.2) is 0 Å². The van der Waals surface area contributed by atoms with Gasteiger partial charge in [0.2, 0.25) is 0 Å². The smallest absolute Gasteiger partial charge is 0.126 e. The third-order valence-electron chi connectivity index (χ3n) is 3.87. The zero-order valence-electron chi connectivity index (χ0n) is 10.4. The molecule has 2 rings (SSSR count). The lowest BCUT2D eigenvalue weighted by atomic mass is 9.82. The topological polar surface area (TPSA) is 12.0 Å². The van der Waals surface area contributed by atoms with Gasteiger partial charge in [0, 0.05) is 10.5 Å². The van der Waals surface area contributed by atoms with Crippen molar-refractivity contribution in [3.63, 3.8) is 0 Å². The van der Waals surface area contributed by atoms with Crippen molar-refractivity contribution in [2.45, 2.75) is 38.6 Å². The highest BCUT2D eigenvalue weighted by molar-refractivity contribution is 9.10. The third kappa shape index (κ3) is 3.08. The first-order valence-corrected chi connectivity index (χ1v) is 6.93. The van der Waals surface area contributed by atoms with Gasteiger partial charge in [-0.15, -0.1) is 0 Å². The van der Waals surface area contributed by atoms with E-state index in [4.69, 9.17) is 0 Å². The molecule has 1 fully saturated rings.